The van der Waals surface area contributed by atoms with Gasteiger partial charge in [0.15, 0.2) is 0 Å². The first-order valence-electron chi connectivity index (χ1n) is 7.93. The van der Waals surface area contributed by atoms with Crippen LogP contribution < -0.4 is 20.1 Å². The van der Waals surface area contributed by atoms with Gasteiger partial charge < -0.3 is 20.1 Å². The number of nitrogens with one attached hydrogen (secondary N) is 2. The van der Waals surface area contributed by atoms with Crippen LogP contribution >= 0.6 is 0 Å². The number of amides is 1. The Hall–Kier alpha value is -3.21. The zero-order valence-corrected chi connectivity index (χ0v) is 14.0. The van der Waals surface area contributed by atoms with E-state index in [1.807, 2.05) is 36.4 Å². The minimum Gasteiger partial charge on any atom is -0.487 e. The molecule has 130 valence electrons. The molecule has 0 aliphatic rings. The Morgan fingerprint density at radius 3 is 2.00 bits per heavy atom. The molecule has 2 N–H and O–H groups in total. The third-order valence-electron chi connectivity index (χ3n) is 3.20. The highest BCUT2D eigenvalue weighted by atomic mass is 16.5. The Morgan fingerprint density at radius 2 is 1.40 bits per heavy atom. The van der Waals surface area contributed by atoms with Gasteiger partial charge in [-0.25, -0.2) is 0 Å². The second-order valence-electron chi connectivity index (χ2n) is 5.09. The fraction of sp³-hybridized carbons (Fsp3) is 0.150. The number of para-hydroxylation sites is 4. The maximum atomic E-state index is 12.2. The van der Waals surface area contributed by atoms with Crippen LogP contribution in [0.25, 0.3) is 0 Å². The van der Waals surface area contributed by atoms with Gasteiger partial charge in [0.2, 0.25) is 5.91 Å². The number of anilines is 2. The predicted molar refractivity (Wildman–Crippen MR) is 101 cm³/mol. The van der Waals surface area contributed by atoms with Gasteiger partial charge in [0.05, 0.1) is 17.9 Å². The molecule has 0 radical (unpaired) electrons. The number of benzene rings is 2. The summed E-state index contributed by atoms with van der Waals surface area (Å²) < 4.78 is 11.1. The molecule has 5 heteroatoms. The summed E-state index contributed by atoms with van der Waals surface area (Å²) in [5.74, 6) is 1.09. The fourth-order valence-corrected chi connectivity index (χ4v) is 2.10. The Kier molecular flexibility index (Phi) is 7.13. The molecule has 0 fully saturated rings. The van der Waals surface area contributed by atoms with Crippen molar-refractivity contribution < 1.29 is 14.3 Å². The Bertz CT molecular complexity index is 728. The zero-order valence-electron chi connectivity index (χ0n) is 14.0. The molecule has 25 heavy (non-hydrogen) atoms. The summed E-state index contributed by atoms with van der Waals surface area (Å²) in [7, 11) is 0. The second kappa shape index (κ2) is 9.82. The van der Waals surface area contributed by atoms with Crippen LogP contribution in [0.5, 0.6) is 11.5 Å². The van der Waals surface area contributed by atoms with Gasteiger partial charge in [-0.2, -0.15) is 0 Å². The van der Waals surface area contributed by atoms with Crippen molar-refractivity contribution in [1.82, 2.24) is 0 Å². The van der Waals surface area contributed by atoms with E-state index in [1.165, 1.54) is 0 Å². The van der Waals surface area contributed by atoms with Crippen molar-refractivity contribution in [1.29, 1.82) is 0 Å². The van der Waals surface area contributed by atoms with E-state index in [0.717, 1.165) is 5.69 Å². The van der Waals surface area contributed by atoms with Gasteiger partial charge in [-0.3, -0.25) is 4.79 Å². The standard InChI is InChI=1S/C20H22N2O3/c1-3-13-24-18-11-7-5-9-16(18)21-15-20(23)22-17-10-6-8-12-19(17)25-14-4-2/h3-12,21H,1-2,13-15H2,(H,22,23). The van der Waals surface area contributed by atoms with Crippen LogP contribution in [-0.2, 0) is 4.79 Å². The molecule has 0 spiro atoms. The van der Waals surface area contributed by atoms with Crippen LogP contribution in [-0.4, -0.2) is 25.7 Å². The van der Waals surface area contributed by atoms with Gasteiger partial charge in [-0.05, 0) is 24.3 Å². The summed E-state index contributed by atoms with van der Waals surface area (Å²) in [6.45, 7) is 8.12. The molecule has 0 bridgehead atoms. The highest BCUT2D eigenvalue weighted by Gasteiger charge is 2.09. The lowest BCUT2D eigenvalue weighted by Crippen LogP contribution is -2.22. The molecular formula is C20H22N2O3. The number of carbonyl (C=O) groups is 1. The van der Waals surface area contributed by atoms with Gasteiger partial charge >= 0.3 is 0 Å². The summed E-state index contributed by atoms with van der Waals surface area (Å²) in [6.07, 6.45) is 3.32. The van der Waals surface area contributed by atoms with Crippen molar-refractivity contribution in [3.63, 3.8) is 0 Å². The van der Waals surface area contributed by atoms with Crippen LogP contribution in [0.1, 0.15) is 0 Å². The van der Waals surface area contributed by atoms with Crippen molar-refractivity contribution in [3.05, 3.63) is 73.8 Å². The van der Waals surface area contributed by atoms with Crippen LogP contribution in [0.3, 0.4) is 0 Å². The summed E-state index contributed by atoms with van der Waals surface area (Å²) in [5, 5.41) is 5.91. The van der Waals surface area contributed by atoms with E-state index >= 15 is 0 Å². The van der Waals surface area contributed by atoms with Gasteiger partial charge in [0.25, 0.3) is 0 Å². The molecule has 0 aromatic heterocycles. The van der Waals surface area contributed by atoms with E-state index in [2.05, 4.69) is 23.8 Å². The molecule has 0 saturated carbocycles. The highest BCUT2D eigenvalue weighted by Crippen LogP contribution is 2.25. The highest BCUT2D eigenvalue weighted by molar-refractivity contribution is 5.95. The minimum atomic E-state index is -0.187. The average molecular weight is 338 g/mol. The molecule has 1 amide bonds. The van der Waals surface area contributed by atoms with Gasteiger partial charge in [-0.1, -0.05) is 49.6 Å². The fourth-order valence-electron chi connectivity index (χ4n) is 2.10. The monoisotopic (exact) mass is 338 g/mol. The largest absolute Gasteiger partial charge is 0.487 e. The molecule has 0 aliphatic carbocycles. The van der Waals surface area contributed by atoms with Crippen molar-refractivity contribution in [2.75, 3.05) is 30.4 Å². The number of ether oxygens (including phenoxy) is 2. The summed E-state index contributed by atoms with van der Waals surface area (Å²) in [6, 6.07) is 14.7. The van der Waals surface area contributed by atoms with Crippen molar-refractivity contribution in [3.8, 4) is 11.5 Å². The van der Waals surface area contributed by atoms with Crippen molar-refractivity contribution in [2.45, 2.75) is 0 Å². The first-order valence-corrected chi connectivity index (χ1v) is 7.93. The molecule has 2 aromatic carbocycles. The van der Waals surface area contributed by atoms with E-state index in [-0.39, 0.29) is 12.5 Å². The van der Waals surface area contributed by atoms with Gasteiger partial charge in [0.1, 0.15) is 24.7 Å². The number of carbonyl (C=O) groups excluding carboxylic acids is 1. The maximum absolute atomic E-state index is 12.2. The van der Waals surface area contributed by atoms with E-state index < -0.39 is 0 Å². The third kappa shape index (κ3) is 5.73. The molecule has 2 rings (SSSR count). The molecule has 2 aromatic rings. The van der Waals surface area contributed by atoms with Crippen LogP contribution in [0.4, 0.5) is 11.4 Å². The molecule has 0 heterocycles. The Morgan fingerprint density at radius 1 is 0.880 bits per heavy atom. The van der Waals surface area contributed by atoms with Crippen LogP contribution in [0.15, 0.2) is 73.8 Å². The van der Waals surface area contributed by atoms with Gasteiger partial charge in [0, 0.05) is 0 Å². The number of rotatable bonds is 10. The zero-order chi connectivity index (χ0) is 17.9. The molecular weight excluding hydrogens is 316 g/mol. The SMILES string of the molecule is C=CCOc1ccccc1NCC(=O)Nc1ccccc1OCC=C. The number of hydrogen-bond acceptors (Lipinski definition) is 4. The van der Waals surface area contributed by atoms with Crippen molar-refractivity contribution in [2.24, 2.45) is 0 Å². The topological polar surface area (TPSA) is 59.6 Å². The molecule has 0 aliphatic heterocycles. The minimum absolute atomic E-state index is 0.101. The molecule has 0 atom stereocenters. The quantitative estimate of drug-likeness (QED) is 0.646. The normalized spacial score (nSPS) is 9.76. The third-order valence-corrected chi connectivity index (χ3v) is 3.20. The summed E-state index contributed by atoms with van der Waals surface area (Å²) in [5.41, 5.74) is 1.36. The van der Waals surface area contributed by atoms with E-state index in [1.54, 1.807) is 24.3 Å². The Balaban J connectivity index is 1.95. The molecule has 0 unspecified atom stereocenters. The first-order chi connectivity index (χ1) is 12.2. The van der Waals surface area contributed by atoms with Gasteiger partial charge in [-0.15, -0.1) is 0 Å². The van der Waals surface area contributed by atoms with E-state index in [0.29, 0.717) is 30.4 Å². The van der Waals surface area contributed by atoms with Crippen LogP contribution in [0, 0.1) is 0 Å². The lowest BCUT2D eigenvalue weighted by atomic mass is 10.2. The predicted octanol–water partition coefficient (Wildman–Crippen LogP) is 3.87. The summed E-state index contributed by atoms with van der Waals surface area (Å²) in [4.78, 5) is 12.2. The van der Waals surface area contributed by atoms with E-state index in [9.17, 15) is 4.79 Å². The first kappa shape index (κ1) is 18.1. The molecule has 0 saturated heterocycles. The van der Waals surface area contributed by atoms with Crippen LogP contribution in [0.2, 0.25) is 0 Å². The average Bonchev–Trinajstić information content (AvgIpc) is 2.64. The Labute approximate surface area is 148 Å². The number of hydrogen-bond donors (Lipinski definition) is 2. The lowest BCUT2D eigenvalue weighted by molar-refractivity contribution is -0.114. The van der Waals surface area contributed by atoms with E-state index in [4.69, 9.17) is 9.47 Å². The van der Waals surface area contributed by atoms with Crippen molar-refractivity contribution >= 4 is 17.3 Å². The lowest BCUT2D eigenvalue weighted by Gasteiger charge is -2.14. The second-order valence-corrected chi connectivity index (χ2v) is 5.09. The smallest absolute Gasteiger partial charge is 0.243 e. The summed E-state index contributed by atoms with van der Waals surface area (Å²) >= 11 is 0. The molecule has 5 nitrogen and oxygen atoms in total. The maximum Gasteiger partial charge on any atom is 0.243 e.